The van der Waals surface area contributed by atoms with Crippen LogP contribution < -0.4 is 5.32 Å². The van der Waals surface area contributed by atoms with Gasteiger partial charge < -0.3 is 24.6 Å². The molecule has 0 saturated carbocycles. The average molecular weight is 395 g/mol. The molecule has 0 saturated heterocycles. The zero-order valence-electron chi connectivity index (χ0n) is 16.6. The Morgan fingerprint density at radius 3 is 2.39 bits per heavy atom. The van der Waals surface area contributed by atoms with Crippen molar-refractivity contribution < 1.29 is 33.7 Å². The second-order valence-corrected chi connectivity index (χ2v) is 7.13. The molecule has 0 radical (unpaired) electrons. The van der Waals surface area contributed by atoms with E-state index in [1.165, 1.54) is 0 Å². The number of ether oxygens (including phenoxy) is 3. The number of aliphatic hydroxyl groups excluding tert-OH is 1. The predicted molar refractivity (Wildman–Crippen MR) is 101 cm³/mol. The maximum Gasteiger partial charge on any atom is 0.408 e. The smallest absolute Gasteiger partial charge is 0.408 e. The van der Waals surface area contributed by atoms with Crippen LogP contribution in [0.5, 0.6) is 0 Å². The third-order valence-electron chi connectivity index (χ3n) is 3.40. The van der Waals surface area contributed by atoms with Crippen LogP contribution in [-0.4, -0.2) is 48.0 Å². The lowest BCUT2D eigenvalue weighted by atomic mass is 10.1. The van der Waals surface area contributed by atoms with E-state index in [1.54, 1.807) is 32.9 Å². The minimum Gasteiger partial charge on any atom is -0.466 e. The topological polar surface area (TPSA) is 111 Å². The Hall–Kier alpha value is -2.61. The molecule has 0 heterocycles. The summed E-state index contributed by atoms with van der Waals surface area (Å²) in [6.07, 6.45) is -0.527. The van der Waals surface area contributed by atoms with Crippen molar-refractivity contribution in [3.05, 3.63) is 35.9 Å². The number of hydrogen-bond donors (Lipinski definition) is 2. The standard InChI is InChI=1S/C20H29NO7/c1-20(2,3)28-18(24)16(10-11-17(23)26-13-7-12-22)21-19(25)27-14-15-8-5-4-6-9-15/h4-6,8-9,16,22H,7,10-14H2,1-3H3,(H,21,25)/t16-/m0/s1. The van der Waals surface area contributed by atoms with Crippen molar-refractivity contribution in [2.75, 3.05) is 13.2 Å². The molecule has 0 fully saturated rings. The molecule has 0 bridgehead atoms. The lowest BCUT2D eigenvalue weighted by molar-refractivity contribution is -0.157. The Kier molecular flexibility index (Phi) is 10.0. The van der Waals surface area contributed by atoms with E-state index in [1.807, 2.05) is 18.2 Å². The lowest BCUT2D eigenvalue weighted by Crippen LogP contribution is -2.44. The number of amides is 1. The van der Waals surface area contributed by atoms with Crippen LogP contribution in [0.4, 0.5) is 4.79 Å². The maximum absolute atomic E-state index is 12.4. The number of carbonyl (C=O) groups excluding carboxylic acids is 3. The first-order chi connectivity index (χ1) is 13.2. The van der Waals surface area contributed by atoms with E-state index in [2.05, 4.69) is 5.32 Å². The largest absolute Gasteiger partial charge is 0.466 e. The summed E-state index contributed by atoms with van der Waals surface area (Å²) in [5.41, 5.74) is 0.0611. The van der Waals surface area contributed by atoms with Gasteiger partial charge >= 0.3 is 18.0 Å². The molecule has 0 aliphatic carbocycles. The third kappa shape index (κ3) is 10.5. The van der Waals surface area contributed by atoms with Crippen LogP contribution in [0.3, 0.4) is 0 Å². The molecular weight excluding hydrogens is 366 g/mol. The van der Waals surface area contributed by atoms with Crippen molar-refractivity contribution in [3.63, 3.8) is 0 Å². The fourth-order valence-corrected chi connectivity index (χ4v) is 2.11. The highest BCUT2D eigenvalue weighted by Gasteiger charge is 2.28. The molecule has 8 nitrogen and oxygen atoms in total. The Labute approximate surface area is 165 Å². The van der Waals surface area contributed by atoms with Crippen molar-refractivity contribution in [1.82, 2.24) is 5.32 Å². The van der Waals surface area contributed by atoms with Gasteiger partial charge in [0.15, 0.2) is 0 Å². The Morgan fingerprint density at radius 2 is 1.79 bits per heavy atom. The predicted octanol–water partition coefficient (Wildman–Crippen LogP) is 2.33. The minimum absolute atomic E-state index is 0.00725. The lowest BCUT2D eigenvalue weighted by Gasteiger charge is -2.24. The van der Waals surface area contributed by atoms with Gasteiger partial charge in [0.05, 0.1) is 6.61 Å². The summed E-state index contributed by atoms with van der Waals surface area (Å²) < 4.78 is 15.4. The molecule has 0 aliphatic rings. The average Bonchev–Trinajstić information content (AvgIpc) is 2.63. The van der Waals surface area contributed by atoms with Gasteiger partial charge in [0.2, 0.25) is 0 Å². The number of benzene rings is 1. The number of aliphatic hydroxyl groups is 1. The highest BCUT2D eigenvalue weighted by Crippen LogP contribution is 2.12. The maximum atomic E-state index is 12.4. The number of alkyl carbamates (subject to hydrolysis) is 1. The number of nitrogens with one attached hydrogen (secondary N) is 1. The first-order valence-corrected chi connectivity index (χ1v) is 9.18. The highest BCUT2D eigenvalue weighted by molar-refractivity contribution is 5.82. The number of esters is 2. The summed E-state index contributed by atoms with van der Waals surface area (Å²) in [4.78, 5) is 36.2. The van der Waals surface area contributed by atoms with Gasteiger partial charge in [-0.15, -0.1) is 0 Å². The van der Waals surface area contributed by atoms with Crippen molar-refractivity contribution in [2.24, 2.45) is 0 Å². The first-order valence-electron chi connectivity index (χ1n) is 9.18. The van der Waals surface area contributed by atoms with Crippen molar-refractivity contribution >= 4 is 18.0 Å². The van der Waals surface area contributed by atoms with E-state index in [9.17, 15) is 14.4 Å². The van der Waals surface area contributed by atoms with E-state index in [4.69, 9.17) is 19.3 Å². The zero-order chi connectivity index (χ0) is 21.0. The van der Waals surface area contributed by atoms with Gasteiger partial charge in [0.25, 0.3) is 0 Å². The fourth-order valence-electron chi connectivity index (χ4n) is 2.11. The molecule has 1 rings (SSSR count). The monoisotopic (exact) mass is 395 g/mol. The second-order valence-electron chi connectivity index (χ2n) is 7.13. The van der Waals surface area contributed by atoms with E-state index in [0.29, 0.717) is 6.42 Å². The van der Waals surface area contributed by atoms with Gasteiger partial charge in [-0.3, -0.25) is 4.79 Å². The Morgan fingerprint density at radius 1 is 1.11 bits per heavy atom. The number of hydrogen-bond acceptors (Lipinski definition) is 7. The van der Waals surface area contributed by atoms with Crippen LogP contribution in [0.1, 0.15) is 45.6 Å². The Balaban J connectivity index is 2.59. The van der Waals surface area contributed by atoms with Gasteiger partial charge in [-0.25, -0.2) is 9.59 Å². The molecule has 0 unspecified atom stereocenters. The van der Waals surface area contributed by atoms with Gasteiger partial charge in [-0.05, 0) is 32.8 Å². The molecule has 28 heavy (non-hydrogen) atoms. The van der Waals surface area contributed by atoms with E-state index >= 15 is 0 Å². The second kappa shape index (κ2) is 12.0. The summed E-state index contributed by atoms with van der Waals surface area (Å²) in [5.74, 6) is -1.19. The molecule has 1 aromatic carbocycles. The van der Waals surface area contributed by atoms with E-state index < -0.39 is 29.7 Å². The Bertz CT molecular complexity index is 625. The van der Waals surface area contributed by atoms with Crippen molar-refractivity contribution in [1.29, 1.82) is 0 Å². The summed E-state index contributed by atoms with van der Waals surface area (Å²) in [6, 6.07) is 8.06. The molecule has 0 aromatic heterocycles. The molecule has 156 valence electrons. The molecule has 1 atom stereocenters. The van der Waals surface area contributed by atoms with Crippen LogP contribution in [0.2, 0.25) is 0 Å². The number of rotatable bonds is 10. The van der Waals surface area contributed by atoms with Crippen LogP contribution in [-0.2, 0) is 30.4 Å². The molecule has 0 aliphatic heterocycles. The SMILES string of the molecule is CC(C)(C)OC(=O)[C@H](CCC(=O)OCCCO)NC(=O)OCc1ccccc1. The van der Waals surface area contributed by atoms with Crippen molar-refractivity contribution in [2.45, 2.75) is 58.3 Å². The molecule has 1 amide bonds. The molecule has 1 aromatic rings. The van der Waals surface area contributed by atoms with Crippen molar-refractivity contribution in [3.8, 4) is 0 Å². The molecule has 8 heteroatoms. The minimum atomic E-state index is -1.05. The molecular formula is C20H29NO7. The zero-order valence-corrected chi connectivity index (χ0v) is 16.6. The van der Waals surface area contributed by atoms with Gasteiger partial charge in [-0.1, -0.05) is 30.3 Å². The summed E-state index contributed by atoms with van der Waals surface area (Å²) in [5, 5.41) is 11.1. The van der Waals surface area contributed by atoms with E-state index in [0.717, 1.165) is 5.56 Å². The van der Waals surface area contributed by atoms with E-state index in [-0.39, 0.29) is 32.7 Å². The van der Waals surface area contributed by atoms with Crippen LogP contribution in [0.15, 0.2) is 30.3 Å². The van der Waals surface area contributed by atoms with Crippen LogP contribution >= 0.6 is 0 Å². The fraction of sp³-hybridized carbons (Fsp3) is 0.550. The van der Waals surface area contributed by atoms with Crippen LogP contribution in [0, 0.1) is 0 Å². The summed E-state index contributed by atoms with van der Waals surface area (Å²) >= 11 is 0. The molecule has 2 N–H and O–H groups in total. The van der Waals surface area contributed by atoms with Gasteiger partial charge in [0.1, 0.15) is 18.2 Å². The summed E-state index contributed by atoms with van der Waals surface area (Å²) in [6.45, 7) is 5.19. The van der Waals surface area contributed by atoms with Gasteiger partial charge in [0, 0.05) is 19.4 Å². The first kappa shape index (κ1) is 23.4. The molecule has 0 spiro atoms. The number of carbonyl (C=O) groups is 3. The third-order valence-corrected chi connectivity index (χ3v) is 3.40. The van der Waals surface area contributed by atoms with Crippen LogP contribution in [0.25, 0.3) is 0 Å². The highest BCUT2D eigenvalue weighted by atomic mass is 16.6. The normalized spacial score (nSPS) is 12.0. The summed E-state index contributed by atoms with van der Waals surface area (Å²) in [7, 11) is 0. The van der Waals surface area contributed by atoms with Gasteiger partial charge in [-0.2, -0.15) is 0 Å². The quantitative estimate of drug-likeness (QED) is 0.355.